The molecular weight excluding hydrogens is 502 g/mol. The number of alkyl halides is 3. The Morgan fingerprint density at radius 2 is 1.88 bits per heavy atom. The van der Waals surface area contributed by atoms with Crippen molar-refractivity contribution in [3.8, 4) is 5.75 Å². The first-order valence-electron chi connectivity index (χ1n) is 10.3. The van der Waals surface area contributed by atoms with Gasteiger partial charge in [0.25, 0.3) is 11.8 Å². The van der Waals surface area contributed by atoms with Crippen LogP contribution in [-0.2, 0) is 11.0 Å². The van der Waals surface area contributed by atoms with Crippen molar-refractivity contribution in [3.05, 3.63) is 46.1 Å². The normalized spacial score (nSPS) is 26.2. The van der Waals surface area contributed by atoms with E-state index in [1.54, 1.807) is 12.1 Å². The second kappa shape index (κ2) is 8.94. The van der Waals surface area contributed by atoms with Gasteiger partial charge in [-0.15, -0.1) is 0 Å². The van der Waals surface area contributed by atoms with Gasteiger partial charge in [-0.1, -0.05) is 23.2 Å². The fourth-order valence-corrected chi connectivity index (χ4v) is 4.79. The lowest BCUT2D eigenvalue weighted by molar-refractivity contribution is -0.157. The van der Waals surface area contributed by atoms with Gasteiger partial charge < -0.3 is 24.9 Å². The molecule has 2 aromatic rings. The van der Waals surface area contributed by atoms with E-state index in [1.807, 2.05) is 0 Å². The number of carbonyl (C=O) groups excluding carboxylic acids is 2. The van der Waals surface area contributed by atoms with E-state index in [2.05, 4.69) is 20.0 Å². The molecule has 1 aromatic heterocycles. The lowest BCUT2D eigenvalue weighted by atomic mass is 9.60. The van der Waals surface area contributed by atoms with Crippen molar-refractivity contribution in [1.29, 1.82) is 0 Å². The third-order valence-corrected chi connectivity index (χ3v) is 7.07. The van der Waals surface area contributed by atoms with Gasteiger partial charge >= 0.3 is 12.1 Å². The van der Waals surface area contributed by atoms with Crippen molar-refractivity contribution in [2.45, 2.75) is 55.5 Å². The summed E-state index contributed by atoms with van der Waals surface area (Å²) >= 11 is 11.8. The number of oxazole rings is 1. The highest BCUT2D eigenvalue weighted by Gasteiger charge is 2.55. The molecule has 13 heteroatoms. The first kappa shape index (κ1) is 24.6. The minimum Gasteiger partial charge on any atom is -0.484 e. The zero-order chi connectivity index (χ0) is 24.7. The molecule has 2 bridgehead atoms. The number of halogens is 5. The second-order valence-electron chi connectivity index (χ2n) is 8.56. The molecule has 8 nitrogen and oxygen atoms in total. The summed E-state index contributed by atoms with van der Waals surface area (Å²) in [6, 6.07) is 4.59. The highest BCUT2D eigenvalue weighted by molar-refractivity contribution is 6.42. The van der Waals surface area contributed by atoms with Crippen LogP contribution in [0.25, 0.3) is 0 Å². The first-order valence-corrected chi connectivity index (χ1v) is 11.1. The van der Waals surface area contributed by atoms with E-state index >= 15 is 0 Å². The quantitative estimate of drug-likeness (QED) is 0.533. The largest absolute Gasteiger partial charge is 0.484 e. The maximum Gasteiger partial charge on any atom is 0.468 e. The van der Waals surface area contributed by atoms with Crippen LogP contribution in [-0.4, -0.2) is 45.7 Å². The number of amides is 2. The van der Waals surface area contributed by atoms with Gasteiger partial charge in [0.05, 0.1) is 21.7 Å². The molecule has 3 aliphatic carbocycles. The number of fused-ring (bicyclic) bond motifs is 3. The van der Waals surface area contributed by atoms with Gasteiger partial charge in [0.15, 0.2) is 12.3 Å². The Morgan fingerprint density at radius 3 is 2.47 bits per heavy atom. The Balaban J connectivity index is 1.34. The molecule has 1 atom stereocenters. The molecule has 184 valence electrons. The van der Waals surface area contributed by atoms with Crippen LogP contribution in [0, 0.1) is 0 Å². The Hall–Kier alpha value is -2.50. The van der Waals surface area contributed by atoms with Crippen LogP contribution >= 0.6 is 23.2 Å². The van der Waals surface area contributed by atoms with Gasteiger partial charge in [0.2, 0.25) is 0 Å². The van der Waals surface area contributed by atoms with E-state index in [0.717, 1.165) is 0 Å². The number of ether oxygens (including phenoxy) is 1. The van der Waals surface area contributed by atoms with Crippen molar-refractivity contribution in [3.63, 3.8) is 0 Å². The lowest BCUT2D eigenvalue weighted by Crippen LogP contribution is -2.70. The van der Waals surface area contributed by atoms with E-state index < -0.39 is 46.8 Å². The average Bonchev–Trinajstić information content (AvgIpc) is 3.27. The third kappa shape index (κ3) is 4.96. The standard InChI is InChI=1S/C21H20Cl2F3N3O5/c22-12-2-1-11(7-13(12)23)33-10-16(31)28-20-5-3-19(4-6-20,8-15(20)30)29-17(32)14-9-34-18(27-14)21(24,25)26/h1-2,7,9,15,30H,3-6,8,10H2,(H,28,31)(H,29,32)/t15-,19?,20?/m0/s1. The summed E-state index contributed by atoms with van der Waals surface area (Å²) in [5.41, 5.74) is -2.20. The molecule has 0 unspecified atom stereocenters. The molecule has 0 aliphatic heterocycles. The maximum absolute atomic E-state index is 12.7. The predicted octanol–water partition coefficient (Wildman–Crippen LogP) is 3.74. The lowest BCUT2D eigenvalue weighted by Gasteiger charge is -2.56. The highest BCUT2D eigenvalue weighted by Crippen LogP contribution is 2.47. The summed E-state index contributed by atoms with van der Waals surface area (Å²) in [4.78, 5) is 28.2. The van der Waals surface area contributed by atoms with Crippen LogP contribution in [0.3, 0.4) is 0 Å². The number of carbonyl (C=O) groups is 2. The average molecular weight is 522 g/mol. The SMILES string of the molecule is O=C(COc1ccc(Cl)c(Cl)c1)NC12CCC(NC(=O)c3coc(C(F)(F)F)n3)(CC1)C[C@@H]2O. The Morgan fingerprint density at radius 1 is 1.18 bits per heavy atom. The summed E-state index contributed by atoms with van der Waals surface area (Å²) in [7, 11) is 0. The Bertz CT molecular complexity index is 1100. The van der Waals surface area contributed by atoms with Crippen LogP contribution in [0.5, 0.6) is 5.75 Å². The monoisotopic (exact) mass is 521 g/mol. The number of rotatable bonds is 6. The molecule has 3 N–H and O–H groups in total. The molecule has 0 saturated heterocycles. The van der Waals surface area contributed by atoms with Crippen LogP contribution in [0.1, 0.15) is 48.5 Å². The number of aliphatic hydroxyl groups excluding tert-OH is 1. The number of nitrogens with one attached hydrogen (secondary N) is 2. The molecule has 5 rings (SSSR count). The van der Waals surface area contributed by atoms with Gasteiger partial charge in [0, 0.05) is 11.6 Å². The number of benzene rings is 1. The molecule has 0 spiro atoms. The van der Waals surface area contributed by atoms with Crippen molar-refractivity contribution in [2.75, 3.05) is 6.61 Å². The van der Waals surface area contributed by atoms with Gasteiger partial charge in [-0.2, -0.15) is 13.2 Å². The van der Waals surface area contributed by atoms with Crippen LogP contribution in [0.15, 0.2) is 28.9 Å². The fourth-order valence-electron chi connectivity index (χ4n) is 4.50. The van der Waals surface area contributed by atoms with E-state index in [1.165, 1.54) is 6.07 Å². The summed E-state index contributed by atoms with van der Waals surface area (Å²) in [6.45, 7) is -0.304. The molecule has 34 heavy (non-hydrogen) atoms. The zero-order valence-corrected chi connectivity index (χ0v) is 19.1. The zero-order valence-electron chi connectivity index (χ0n) is 17.5. The number of hydrogen-bond acceptors (Lipinski definition) is 6. The summed E-state index contributed by atoms with van der Waals surface area (Å²) in [6.07, 6.45) is -3.47. The van der Waals surface area contributed by atoms with Crippen molar-refractivity contribution < 1.29 is 37.0 Å². The molecule has 3 aliphatic rings. The molecule has 0 radical (unpaired) electrons. The minimum atomic E-state index is -4.80. The van der Waals surface area contributed by atoms with Crippen molar-refractivity contribution in [1.82, 2.24) is 15.6 Å². The Labute approximate surface area is 201 Å². The van der Waals surface area contributed by atoms with Crippen molar-refractivity contribution >= 4 is 35.0 Å². The van der Waals surface area contributed by atoms with Crippen LogP contribution in [0.4, 0.5) is 13.2 Å². The van der Waals surface area contributed by atoms with Gasteiger partial charge in [0.1, 0.15) is 12.0 Å². The maximum atomic E-state index is 12.7. The van der Waals surface area contributed by atoms with Crippen LogP contribution < -0.4 is 15.4 Å². The smallest absolute Gasteiger partial charge is 0.468 e. The molecule has 1 heterocycles. The van der Waals surface area contributed by atoms with Gasteiger partial charge in [-0.05, 0) is 44.2 Å². The molecule has 3 saturated carbocycles. The third-order valence-electron chi connectivity index (χ3n) is 6.33. The number of hydrogen-bond donors (Lipinski definition) is 3. The number of aromatic nitrogens is 1. The van der Waals surface area contributed by atoms with E-state index in [-0.39, 0.29) is 18.1 Å². The van der Waals surface area contributed by atoms with E-state index in [9.17, 15) is 27.9 Å². The first-order chi connectivity index (χ1) is 15.9. The summed E-state index contributed by atoms with van der Waals surface area (Å²) < 4.78 is 47.8. The molecule has 1 aromatic carbocycles. The fraction of sp³-hybridized carbons (Fsp3) is 0.476. The van der Waals surface area contributed by atoms with Crippen molar-refractivity contribution in [2.24, 2.45) is 0 Å². The van der Waals surface area contributed by atoms with E-state index in [0.29, 0.717) is 42.7 Å². The molecular formula is C21H20Cl2F3N3O5. The highest BCUT2D eigenvalue weighted by atomic mass is 35.5. The summed E-state index contributed by atoms with van der Waals surface area (Å²) in [5.74, 6) is -2.41. The minimum absolute atomic E-state index is 0.122. The summed E-state index contributed by atoms with van der Waals surface area (Å²) in [5, 5.41) is 17.0. The second-order valence-corrected chi connectivity index (χ2v) is 9.37. The van der Waals surface area contributed by atoms with E-state index in [4.69, 9.17) is 27.9 Å². The number of aliphatic hydroxyl groups is 1. The van der Waals surface area contributed by atoms with Gasteiger partial charge in [-0.25, -0.2) is 4.98 Å². The van der Waals surface area contributed by atoms with Gasteiger partial charge in [-0.3, -0.25) is 9.59 Å². The topological polar surface area (TPSA) is 114 Å². The molecule has 3 fully saturated rings. The number of nitrogens with zero attached hydrogens (tertiary/aromatic N) is 1. The molecule has 2 amide bonds. The van der Waals surface area contributed by atoms with Crippen LogP contribution in [0.2, 0.25) is 10.0 Å². The Kier molecular flexibility index (Phi) is 6.47. The predicted molar refractivity (Wildman–Crippen MR) is 114 cm³/mol.